The summed E-state index contributed by atoms with van der Waals surface area (Å²) in [6.45, 7) is 7.16. The first-order valence-corrected chi connectivity index (χ1v) is 8.47. The van der Waals surface area contributed by atoms with E-state index in [0.717, 1.165) is 37.0 Å². The summed E-state index contributed by atoms with van der Waals surface area (Å²) in [6.07, 6.45) is 3.39. The second-order valence-electron chi connectivity index (χ2n) is 7.41. The lowest BCUT2D eigenvalue weighted by Gasteiger charge is -2.38. The number of nitrogens with one attached hydrogen (secondary N) is 1. The fourth-order valence-corrected chi connectivity index (χ4v) is 3.12. The summed E-state index contributed by atoms with van der Waals surface area (Å²) in [7, 11) is 2.12. The summed E-state index contributed by atoms with van der Waals surface area (Å²) in [4.78, 5) is 23.7. The van der Waals surface area contributed by atoms with Crippen molar-refractivity contribution in [2.45, 2.75) is 45.3 Å². The summed E-state index contributed by atoms with van der Waals surface area (Å²) in [5.74, 6) is 0. The number of piperidine rings is 1. The molecule has 1 aromatic carbocycles. The number of ether oxygens (including phenoxy) is 1. The molecule has 0 spiro atoms. The molecule has 1 N–H and O–H groups in total. The quantitative estimate of drug-likeness (QED) is 0.917. The van der Waals surface area contributed by atoms with Crippen molar-refractivity contribution >= 4 is 22.8 Å². The van der Waals surface area contributed by atoms with Crippen molar-refractivity contribution in [2.75, 3.05) is 25.0 Å². The van der Waals surface area contributed by atoms with Gasteiger partial charge in [-0.1, -0.05) is 0 Å². The third-order valence-electron chi connectivity index (χ3n) is 4.47. The summed E-state index contributed by atoms with van der Waals surface area (Å²) < 4.78 is 5.46. The second kappa shape index (κ2) is 6.34. The van der Waals surface area contributed by atoms with Crippen LogP contribution in [0.2, 0.25) is 0 Å². The zero-order valence-corrected chi connectivity index (χ0v) is 14.9. The molecule has 6 nitrogen and oxygen atoms in total. The highest BCUT2D eigenvalue weighted by molar-refractivity contribution is 5.79. The number of hydrogen-bond donors (Lipinski definition) is 1. The van der Waals surface area contributed by atoms with E-state index >= 15 is 0 Å². The van der Waals surface area contributed by atoms with Gasteiger partial charge >= 0.3 is 6.09 Å². The zero-order chi connectivity index (χ0) is 17.3. The van der Waals surface area contributed by atoms with Crippen LogP contribution in [0, 0.1) is 0 Å². The van der Waals surface area contributed by atoms with Gasteiger partial charge in [0, 0.05) is 31.9 Å². The lowest BCUT2D eigenvalue weighted by molar-refractivity contribution is 0.0205. The van der Waals surface area contributed by atoms with E-state index in [1.165, 1.54) is 5.69 Å². The Kier molecular flexibility index (Phi) is 4.39. The number of anilines is 1. The molecule has 24 heavy (non-hydrogen) atoms. The number of benzene rings is 1. The van der Waals surface area contributed by atoms with Crippen LogP contribution in [0.25, 0.3) is 11.0 Å². The number of carbonyl (C=O) groups excluding carboxylic acids is 1. The second-order valence-corrected chi connectivity index (χ2v) is 7.41. The molecule has 1 fully saturated rings. The molecule has 2 aromatic rings. The van der Waals surface area contributed by atoms with Crippen molar-refractivity contribution in [3.05, 3.63) is 24.5 Å². The monoisotopic (exact) mass is 330 g/mol. The van der Waals surface area contributed by atoms with Crippen molar-refractivity contribution in [1.29, 1.82) is 0 Å². The number of hydrogen-bond acceptors (Lipinski definition) is 4. The van der Waals surface area contributed by atoms with Gasteiger partial charge in [-0.05, 0) is 51.8 Å². The third-order valence-corrected chi connectivity index (χ3v) is 4.47. The van der Waals surface area contributed by atoms with Gasteiger partial charge in [0.15, 0.2) is 0 Å². The van der Waals surface area contributed by atoms with Crippen LogP contribution in [-0.4, -0.2) is 52.7 Å². The molecule has 0 bridgehead atoms. The number of fused-ring (bicyclic) bond motifs is 1. The molecule has 0 unspecified atom stereocenters. The van der Waals surface area contributed by atoms with E-state index in [4.69, 9.17) is 4.74 Å². The Hall–Kier alpha value is -2.24. The predicted octanol–water partition coefficient (Wildman–Crippen LogP) is 3.40. The minimum Gasteiger partial charge on any atom is -0.444 e. The first kappa shape index (κ1) is 16.6. The number of H-pyrrole nitrogens is 1. The highest BCUT2D eigenvalue weighted by Gasteiger charge is 2.28. The molecule has 3 rings (SSSR count). The van der Waals surface area contributed by atoms with Gasteiger partial charge in [-0.3, -0.25) is 0 Å². The molecule has 1 amide bonds. The number of aromatic nitrogens is 2. The number of amides is 1. The summed E-state index contributed by atoms with van der Waals surface area (Å²) in [6, 6.07) is 6.68. The Morgan fingerprint density at radius 3 is 2.71 bits per heavy atom. The fourth-order valence-electron chi connectivity index (χ4n) is 3.12. The van der Waals surface area contributed by atoms with Crippen LogP contribution in [0.1, 0.15) is 33.6 Å². The van der Waals surface area contributed by atoms with Gasteiger partial charge in [-0.15, -0.1) is 0 Å². The average Bonchev–Trinajstić information content (AvgIpc) is 3.00. The molecule has 0 atom stereocenters. The van der Waals surface area contributed by atoms with Crippen LogP contribution in [0.5, 0.6) is 0 Å². The molecule has 2 heterocycles. The molecule has 0 radical (unpaired) electrons. The van der Waals surface area contributed by atoms with Crippen molar-refractivity contribution in [3.63, 3.8) is 0 Å². The molecule has 0 saturated carbocycles. The number of imidazole rings is 1. The number of rotatable bonds is 2. The van der Waals surface area contributed by atoms with Crippen molar-refractivity contribution < 1.29 is 9.53 Å². The molecule has 6 heteroatoms. The van der Waals surface area contributed by atoms with Crippen molar-refractivity contribution in [2.24, 2.45) is 0 Å². The predicted molar refractivity (Wildman–Crippen MR) is 95.3 cm³/mol. The Bertz CT molecular complexity index is 711. The van der Waals surface area contributed by atoms with Crippen molar-refractivity contribution in [3.8, 4) is 0 Å². The van der Waals surface area contributed by atoms with E-state index in [9.17, 15) is 4.79 Å². The van der Waals surface area contributed by atoms with Crippen LogP contribution < -0.4 is 4.90 Å². The SMILES string of the molecule is CN(c1ccc2nc[nH]c2c1)C1CCN(C(=O)OC(C)(C)C)CC1. The smallest absolute Gasteiger partial charge is 0.410 e. The maximum absolute atomic E-state index is 12.2. The van der Waals surface area contributed by atoms with Gasteiger partial charge in [0.05, 0.1) is 17.4 Å². The highest BCUT2D eigenvalue weighted by atomic mass is 16.6. The van der Waals surface area contributed by atoms with E-state index in [2.05, 4.69) is 34.0 Å². The lowest BCUT2D eigenvalue weighted by atomic mass is 10.0. The van der Waals surface area contributed by atoms with Gasteiger partial charge < -0.3 is 19.5 Å². The largest absolute Gasteiger partial charge is 0.444 e. The minimum absolute atomic E-state index is 0.206. The van der Waals surface area contributed by atoms with E-state index in [-0.39, 0.29) is 6.09 Å². The number of aromatic amines is 1. The molecule has 1 aliphatic rings. The van der Waals surface area contributed by atoms with Crippen LogP contribution >= 0.6 is 0 Å². The molecule has 0 aliphatic carbocycles. The summed E-state index contributed by atoms with van der Waals surface area (Å²) in [5.41, 5.74) is 2.75. The summed E-state index contributed by atoms with van der Waals surface area (Å²) in [5, 5.41) is 0. The van der Waals surface area contributed by atoms with Gasteiger partial charge in [0.25, 0.3) is 0 Å². The van der Waals surface area contributed by atoms with Gasteiger partial charge in [0.2, 0.25) is 0 Å². The van der Waals surface area contributed by atoms with Crippen LogP contribution in [0.3, 0.4) is 0 Å². The average molecular weight is 330 g/mol. The summed E-state index contributed by atoms with van der Waals surface area (Å²) >= 11 is 0. The van der Waals surface area contributed by atoms with Crippen LogP contribution in [0.15, 0.2) is 24.5 Å². The fraction of sp³-hybridized carbons (Fsp3) is 0.556. The maximum atomic E-state index is 12.2. The standard InChI is InChI=1S/C18H26N4O2/c1-18(2,3)24-17(23)22-9-7-13(8-10-22)21(4)14-5-6-15-16(11-14)20-12-19-15/h5-6,11-13H,7-10H2,1-4H3,(H,19,20). The molecule has 1 saturated heterocycles. The molecule has 1 aliphatic heterocycles. The third kappa shape index (κ3) is 3.63. The normalized spacial score (nSPS) is 16.4. The maximum Gasteiger partial charge on any atom is 0.410 e. The number of carbonyl (C=O) groups is 1. The Morgan fingerprint density at radius 2 is 2.04 bits per heavy atom. The zero-order valence-electron chi connectivity index (χ0n) is 14.9. The Morgan fingerprint density at radius 1 is 1.33 bits per heavy atom. The topological polar surface area (TPSA) is 61.5 Å². The number of likely N-dealkylation sites (tertiary alicyclic amines) is 1. The van der Waals surface area contributed by atoms with Gasteiger partial charge in [-0.25, -0.2) is 9.78 Å². The lowest BCUT2D eigenvalue weighted by Crippen LogP contribution is -2.47. The van der Waals surface area contributed by atoms with Crippen LogP contribution in [0.4, 0.5) is 10.5 Å². The van der Waals surface area contributed by atoms with Gasteiger partial charge in [0.1, 0.15) is 5.60 Å². The minimum atomic E-state index is -0.440. The van der Waals surface area contributed by atoms with E-state index in [0.29, 0.717) is 6.04 Å². The van der Waals surface area contributed by atoms with Gasteiger partial charge in [-0.2, -0.15) is 0 Å². The first-order valence-electron chi connectivity index (χ1n) is 8.47. The molecular formula is C18H26N4O2. The van der Waals surface area contributed by atoms with E-state index < -0.39 is 5.60 Å². The van der Waals surface area contributed by atoms with Crippen molar-refractivity contribution in [1.82, 2.24) is 14.9 Å². The highest BCUT2D eigenvalue weighted by Crippen LogP contribution is 2.25. The Labute approximate surface area is 142 Å². The van der Waals surface area contributed by atoms with E-state index in [1.54, 1.807) is 6.33 Å². The molecular weight excluding hydrogens is 304 g/mol. The molecule has 1 aromatic heterocycles. The van der Waals surface area contributed by atoms with E-state index in [1.807, 2.05) is 31.7 Å². The Balaban J connectivity index is 1.60. The molecule has 130 valence electrons. The first-order chi connectivity index (χ1) is 11.3. The van der Waals surface area contributed by atoms with Crippen LogP contribution in [-0.2, 0) is 4.74 Å². The number of nitrogens with zero attached hydrogens (tertiary/aromatic N) is 3.